The molecule has 0 spiro atoms. The van der Waals surface area contributed by atoms with Gasteiger partial charge in [0.1, 0.15) is 5.75 Å². The Balaban J connectivity index is 2.39. The van der Waals surface area contributed by atoms with Gasteiger partial charge in [-0.25, -0.2) is 0 Å². The molecule has 1 aromatic carbocycles. The smallest absolute Gasteiger partial charge is 0.119 e. The van der Waals surface area contributed by atoms with Crippen molar-refractivity contribution in [1.29, 1.82) is 0 Å². The number of rotatable bonds is 10. The molecule has 1 aromatic rings. The summed E-state index contributed by atoms with van der Waals surface area (Å²) in [5, 5.41) is 3.42. The molecule has 0 aliphatic carbocycles. The van der Waals surface area contributed by atoms with Gasteiger partial charge in [0, 0.05) is 11.0 Å². The van der Waals surface area contributed by atoms with Gasteiger partial charge in [-0.2, -0.15) is 0 Å². The van der Waals surface area contributed by atoms with E-state index >= 15 is 0 Å². The molecule has 3 heteroatoms. The number of hydrogen-bond donors (Lipinski definition) is 1. The highest BCUT2D eigenvalue weighted by molar-refractivity contribution is 9.10. The first-order valence-electron chi connectivity index (χ1n) is 7.39. The molecule has 0 unspecified atom stereocenters. The summed E-state index contributed by atoms with van der Waals surface area (Å²) in [6, 6.07) is 6.24. The highest BCUT2D eigenvalue weighted by atomic mass is 79.9. The summed E-state index contributed by atoms with van der Waals surface area (Å²) in [7, 11) is 0. The fourth-order valence-corrected chi connectivity index (χ4v) is 2.28. The van der Waals surface area contributed by atoms with Crippen LogP contribution < -0.4 is 10.1 Å². The first-order chi connectivity index (χ1) is 9.27. The molecular weight excluding hydrogens is 302 g/mol. The van der Waals surface area contributed by atoms with E-state index in [-0.39, 0.29) is 0 Å². The molecular formula is C16H26BrNO. The zero-order valence-electron chi connectivity index (χ0n) is 12.2. The van der Waals surface area contributed by atoms with Gasteiger partial charge in [0.25, 0.3) is 0 Å². The van der Waals surface area contributed by atoms with Crippen LogP contribution in [0.15, 0.2) is 22.7 Å². The third-order valence-corrected chi connectivity index (χ3v) is 3.80. The predicted molar refractivity (Wildman–Crippen MR) is 85.8 cm³/mol. The van der Waals surface area contributed by atoms with E-state index in [1.807, 2.05) is 6.07 Å². The Hall–Kier alpha value is -0.540. The lowest BCUT2D eigenvalue weighted by atomic mass is 10.2. The molecule has 0 amide bonds. The third kappa shape index (κ3) is 6.98. The Bertz CT molecular complexity index is 355. The van der Waals surface area contributed by atoms with E-state index in [4.69, 9.17) is 4.74 Å². The normalized spacial score (nSPS) is 10.7. The Morgan fingerprint density at radius 2 is 1.95 bits per heavy atom. The van der Waals surface area contributed by atoms with E-state index < -0.39 is 0 Å². The minimum Gasteiger partial charge on any atom is -0.494 e. The van der Waals surface area contributed by atoms with Gasteiger partial charge in [-0.15, -0.1) is 0 Å². The lowest BCUT2D eigenvalue weighted by Crippen LogP contribution is -2.14. The standard InChI is InChI=1S/C16H26BrNO/c1-3-5-6-7-11-19-15-8-9-16(17)14(12-15)13-18-10-4-2/h8-9,12,18H,3-7,10-11,13H2,1-2H3. The summed E-state index contributed by atoms with van der Waals surface area (Å²) >= 11 is 3.59. The van der Waals surface area contributed by atoms with Gasteiger partial charge in [-0.3, -0.25) is 0 Å². The van der Waals surface area contributed by atoms with Crippen molar-refractivity contribution in [3.8, 4) is 5.75 Å². The molecule has 0 fully saturated rings. The second-order valence-corrected chi connectivity index (χ2v) is 5.69. The predicted octanol–water partition coefficient (Wildman–Crippen LogP) is 4.91. The van der Waals surface area contributed by atoms with Crippen LogP contribution in [0.5, 0.6) is 5.75 Å². The molecule has 108 valence electrons. The first-order valence-corrected chi connectivity index (χ1v) is 8.19. The van der Waals surface area contributed by atoms with Crippen molar-refractivity contribution in [3.05, 3.63) is 28.2 Å². The van der Waals surface area contributed by atoms with E-state index in [0.29, 0.717) is 0 Å². The average molecular weight is 328 g/mol. The number of nitrogens with one attached hydrogen (secondary N) is 1. The molecule has 0 saturated heterocycles. The largest absolute Gasteiger partial charge is 0.494 e. The van der Waals surface area contributed by atoms with Crippen molar-refractivity contribution in [3.63, 3.8) is 0 Å². The van der Waals surface area contributed by atoms with Crippen LogP contribution >= 0.6 is 15.9 Å². The van der Waals surface area contributed by atoms with E-state index in [0.717, 1.165) is 42.8 Å². The van der Waals surface area contributed by atoms with Gasteiger partial charge in [0.15, 0.2) is 0 Å². The highest BCUT2D eigenvalue weighted by Crippen LogP contribution is 2.22. The van der Waals surface area contributed by atoms with Crippen LogP contribution in [-0.2, 0) is 6.54 Å². The van der Waals surface area contributed by atoms with Crippen LogP contribution in [0.1, 0.15) is 51.5 Å². The van der Waals surface area contributed by atoms with Gasteiger partial charge in [-0.1, -0.05) is 49.0 Å². The van der Waals surface area contributed by atoms with Gasteiger partial charge >= 0.3 is 0 Å². The maximum Gasteiger partial charge on any atom is 0.119 e. The van der Waals surface area contributed by atoms with E-state index in [1.165, 1.54) is 24.8 Å². The molecule has 1 rings (SSSR count). The molecule has 0 aliphatic rings. The topological polar surface area (TPSA) is 21.3 Å². The molecule has 0 atom stereocenters. The monoisotopic (exact) mass is 327 g/mol. The number of ether oxygens (including phenoxy) is 1. The molecule has 19 heavy (non-hydrogen) atoms. The second-order valence-electron chi connectivity index (χ2n) is 4.84. The maximum atomic E-state index is 5.81. The summed E-state index contributed by atoms with van der Waals surface area (Å²) in [6.45, 7) is 7.17. The highest BCUT2D eigenvalue weighted by Gasteiger charge is 2.02. The number of halogens is 1. The van der Waals surface area contributed by atoms with Gasteiger partial charge in [-0.05, 0) is 43.1 Å². The average Bonchev–Trinajstić information content (AvgIpc) is 2.42. The number of unbranched alkanes of at least 4 members (excludes halogenated alkanes) is 3. The molecule has 0 heterocycles. The van der Waals surface area contributed by atoms with Crippen molar-refractivity contribution >= 4 is 15.9 Å². The molecule has 0 saturated carbocycles. The van der Waals surface area contributed by atoms with Crippen molar-refractivity contribution in [2.24, 2.45) is 0 Å². The van der Waals surface area contributed by atoms with E-state index in [9.17, 15) is 0 Å². The van der Waals surface area contributed by atoms with Crippen LogP contribution in [0.2, 0.25) is 0 Å². The van der Waals surface area contributed by atoms with Crippen molar-refractivity contribution in [1.82, 2.24) is 5.32 Å². The summed E-state index contributed by atoms with van der Waals surface area (Å²) in [5.41, 5.74) is 1.26. The van der Waals surface area contributed by atoms with Crippen LogP contribution in [0.3, 0.4) is 0 Å². The van der Waals surface area contributed by atoms with Gasteiger partial charge < -0.3 is 10.1 Å². The van der Waals surface area contributed by atoms with Crippen molar-refractivity contribution in [2.75, 3.05) is 13.2 Å². The van der Waals surface area contributed by atoms with E-state index in [1.54, 1.807) is 0 Å². The molecule has 0 aliphatic heterocycles. The minimum atomic E-state index is 0.823. The Kier molecular flexibility index (Phi) is 8.93. The molecule has 0 aromatic heterocycles. The fraction of sp³-hybridized carbons (Fsp3) is 0.625. The Labute approximate surface area is 126 Å². The van der Waals surface area contributed by atoms with Gasteiger partial charge in [0.05, 0.1) is 6.61 Å². The van der Waals surface area contributed by atoms with Crippen molar-refractivity contribution < 1.29 is 4.74 Å². The molecule has 0 radical (unpaired) electrons. The lowest BCUT2D eigenvalue weighted by molar-refractivity contribution is 0.304. The Morgan fingerprint density at radius 1 is 1.11 bits per heavy atom. The second kappa shape index (κ2) is 10.3. The zero-order valence-corrected chi connectivity index (χ0v) is 13.8. The maximum absolute atomic E-state index is 5.81. The third-order valence-electron chi connectivity index (χ3n) is 3.03. The van der Waals surface area contributed by atoms with Gasteiger partial charge in [0.2, 0.25) is 0 Å². The summed E-state index contributed by atoms with van der Waals surface area (Å²) in [4.78, 5) is 0. The van der Waals surface area contributed by atoms with Crippen LogP contribution in [0, 0.1) is 0 Å². The van der Waals surface area contributed by atoms with Crippen LogP contribution in [0.4, 0.5) is 0 Å². The fourth-order valence-electron chi connectivity index (χ4n) is 1.90. The summed E-state index contributed by atoms with van der Waals surface area (Å²) in [6.07, 6.45) is 6.14. The zero-order chi connectivity index (χ0) is 13.9. The van der Waals surface area contributed by atoms with Crippen LogP contribution in [0.25, 0.3) is 0 Å². The summed E-state index contributed by atoms with van der Waals surface area (Å²) in [5.74, 6) is 0.980. The number of hydrogen-bond acceptors (Lipinski definition) is 2. The quantitative estimate of drug-likeness (QED) is 0.616. The van der Waals surface area contributed by atoms with E-state index in [2.05, 4.69) is 47.2 Å². The summed E-state index contributed by atoms with van der Waals surface area (Å²) < 4.78 is 6.95. The number of benzene rings is 1. The Morgan fingerprint density at radius 3 is 2.68 bits per heavy atom. The SMILES string of the molecule is CCCCCCOc1ccc(Br)c(CNCCC)c1. The first kappa shape index (κ1) is 16.5. The lowest BCUT2D eigenvalue weighted by Gasteiger charge is -2.10. The van der Waals surface area contributed by atoms with Crippen molar-refractivity contribution in [2.45, 2.75) is 52.5 Å². The molecule has 1 N–H and O–H groups in total. The molecule has 2 nitrogen and oxygen atoms in total. The minimum absolute atomic E-state index is 0.823. The van der Waals surface area contributed by atoms with Crippen LogP contribution in [-0.4, -0.2) is 13.2 Å². The molecule has 0 bridgehead atoms.